The molecule has 0 aliphatic carbocycles. The van der Waals surface area contributed by atoms with Crippen LogP contribution in [0.1, 0.15) is 245 Å². The Morgan fingerprint density at radius 3 is 0.962 bits per heavy atom. The molecule has 0 aromatic rings. The van der Waals surface area contributed by atoms with E-state index in [2.05, 4.69) is 32.9 Å². The molecule has 0 heterocycles. The van der Waals surface area contributed by atoms with Gasteiger partial charge in [0.15, 0.2) is 6.10 Å². The monoisotopic (exact) mass is 735 g/mol. The lowest BCUT2D eigenvalue weighted by Crippen LogP contribution is -2.30. The first-order valence-corrected chi connectivity index (χ1v) is 22.7. The van der Waals surface area contributed by atoms with E-state index in [0.29, 0.717) is 19.3 Å². The topological polar surface area (TPSA) is 78.9 Å². The Bertz CT molecular complexity index is 809. The average Bonchev–Trinajstić information content (AvgIpc) is 3.14. The number of carbonyl (C=O) groups excluding carboxylic acids is 3. The third kappa shape index (κ3) is 39.4. The van der Waals surface area contributed by atoms with Crippen LogP contribution in [0.3, 0.4) is 0 Å². The van der Waals surface area contributed by atoms with Crippen LogP contribution >= 0.6 is 0 Å². The van der Waals surface area contributed by atoms with E-state index >= 15 is 0 Å². The summed E-state index contributed by atoms with van der Waals surface area (Å²) in [5.41, 5.74) is 0. The van der Waals surface area contributed by atoms with Crippen molar-refractivity contribution in [2.24, 2.45) is 0 Å². The highest BCUT2D eigenvalue weighted by Gasteiger charge is 2.19. The summed E-state index contributed by atoms with van der Waals surface area (Å²) < 4.78 is 16.6. The lowest BCUT2D eigenvalue weighted by molar-refractivity contribution is -0.167. The molecule has 0 saturated heterocycles. The molecule has 0 fully saturated rings. The van der Waals surface area contributed by atoms with Crippen LogP contribution in [0.25, 0.3) is 0 Å². The fourth-order valence-electron chi connectivity index (χ4n) is 6.55. The summed E-state index contributed by atoms with van der Waals surface area (Å²) in [4.78, 5) is 37.5. The molecular formula is C46H86O6. The molecule has 1 unspecified atom stereocenters. The second-order valence-corrected chi connectivity index (χ2v) is 15.3. The molecule has 0 rings (SSSR count). The molecule has 52 heavy (non-hydrogen) atoms. The van der Waals surface area contributed by atoms with Crippen LogP contribution in [0.15, 0.2) is 12.2 Å². The third-order valence-corrected chi connectivity index (χ3v) is 10.0. The largest absolute Gasteiger partial charge is 0.462 e. The van der Waals surface area contributed by atoms with Gasteiger partial charge in [-0.1, -0.05) is 193 Å². The molecule has 0 bridgehead atoms. The first-order chi connectivity index (χ1) is 25.5. The second-order valence-electron chi connectivity index (χ2n) is 15.3. The third-order valence-electron chi connectivity index (χ3n) is 10.0. The van der Waals surface area contributed by atoms with E-state index in [0.717, 1.165) is 57.8 Å². The maximum Gasteiger partial charge on any atom is 0.306 e. The molecular weight excluding hydrogens is 649 g/mol. The Kier molecular flexibility index (Phi) is 40.4. The minimum atomic E-state index is -0.761. The van der Waals surface area contributed by atoms with Gasteiger partial charge in [-0.2, -0.15) is 0 Å². The van der Waals surface area contributed by atoms with Gasteiger partial charge in [0, 0.05) is 19.3 Å². The molecule has 306 valence electrons. The zero-order valence-electron chi connectivity index (χ0n) is 34.8. The summed E-state index contributed by atoms with van der Waals surface area (Å²) in [5, 5.41) is 0. The average molecular weight is 735 g/mol. The van der Waals surface area contributed by atoms with Crippen LogP contribution in [-0.4, -0.2) is 37.2 Å². The number of hydrogen-bond acceptors (Lipinski definition) is 6. The maximum atomic E-state index is 12.6. The normalized spacial score (nSPS) is 12.0. The van der Waals surface area contributed by atoms with Crippen LogP contribution in [0.4, 0.5) is 0 Å². The van der Waals surface area contributed by atoms with E-state index in [4.69, 9.17) is 14.2 Å². The van der Waals surface area contributed by atoms with Crippen molar-refractivity contribution < 1.29 is 28.6 Å². The smallest absolute Gasteiger partial charge is 0.306 e. The van der Waals surface area contributed by atoms with Crippen molar-refractivity contribution >= 4 is 17.9 Å². The van der Waals surface area contributed by atoms with Gasteiger partial charge in [0.2, 0.25) is 0 Å². The van der Waals surface area contributed by atoms with Gasteiger partial charge in [-0.25, -0.2) is 0 Å². The van der Waals surface area contributed by atoms with Crippen molar-refractivity contribution in [1.29, 1.82) is 0 Å². The maximum absolute atomic E-state index is 12.6. The summed E-state index contributed by atoms with van der Waals surface area (Å²) in [7, 11) is 0. The highest BCUT2D eigenvalue weighted by Crippen LogP contribution is 2.14. The molecule has 1 atom stereocenters. The Balaban J connectivity index is 4.19. The second kappa shape index (κ2) is 41.9. The van der Waals surface area contributed by atoms with Gasteiger partial charge in [-0.3, -0.25) is 14.4 Å². The summed E-state index contributed by atoms with van der Waals surface area (Å²) in [6.07, 6.45) is 43.5. The van der Waals surface area contributed by atoms with Crippen molar-refractivity contribution in [3.8, 4) is 0 Å². The highest BCUT2D eigenvalue weighted by atomic mass is 16.6. The number of ether oxygens (including phenoxy) is 3. The van der Waals surface area contributed by atoms with E-state index in [1.54, 1.807) is 0 Å². The standard InChI is InChI=1S/C46H86O6/c1-4-7-10-13-16-19-20-21-22-23-24-25-26-27-28-31-33-36-39-45(48)51-42-43(52-46(49)40-37-34-30-18-15-12-9-6-3)41-50-44(47)38-35-32-29-17-14-11-8-5-2/h22-23,43H,4-21,24-42H2,1-3H3/b23-22-. The van der Waals surface area contributed by atoms with Crippen molar-refractivity contribution in [2.75, 3.05) is 13.2 Å². The fraction of sp³-hybridized carbons (Fsp3) is 0.891. The Labute approximate surface area is 322 Å². The summed E-state index contributed by atoms with van der Waals surface area (Å²) in [5.74, 6) is -0.875. The van der Waals surface area contributed by atoms with Gasteiger partial charge < -0.3 is 14.2 Å². The summed E-state index contributed by atoms with van der Waals surface area (Å²) in [6, 6.07) is 0. The molecule has 0 aliphatic heterocycles. The van der Waals surface area contributed by atoms with Crippen molar-refractivity contribution in [1.82, 2.24) is 0 Å². The molecule has 0 radical (unpaired) electrons. The van der Waals surface area contributed by atoms with Gasteiger partial charge in [0.1, 0.15) is 13.2 Å². The van der Waals surface area contributed by atoms with Crippen LogP contribution in [0, 0.1) is 0 Å². The van der Waals surface area contributed by atoms with Gasteiger partial charge in [0.05, 0.1) is 0 Å². The van der Waals surface area contributed by atoms with Crippen LogP contribution in [0.5, 0.6) is 0 Å². The van der Waals surface area contributed by atoms with Gasteiger partial charge in [-0.05, 0) is 44.9 Å². The number of esters is 3. The minimum Gasteiger partial charge on any atom is -0.462 e. The molecule has 0 aliphatic rings. The molecule has 0 aromatic carbocycles. The van der Waals surface area contributed by atoms with Crippen molar-refractivity contribution in [2.45, 2.75) is 252 Å². The van der Waals surface area contributed by atoms with Gasteiger partial charge in [0.25, 0.3) is 0 Å². The van der Waals surface area contributed by atoms with Gasteiger partial charge in [-0.15, -0.1) is 0 Å². The molecule has 0 N–H and O–H groups in total. The fourth-order valence-corrected chi connectivity index (χ4v) is 6.55. The van der Waals surface area contributed by atoms with Crippen molar-refractivity contribution in [3.05, 3.63) is 12.2 Å². The predicted octanol–water partition coefficient (Wildman–Crippen LogP) is 14.3. The van der Waals surface area contributed by atoms with E-state index in [1.165, 1.54) is 148 Å². The Hall–Kier alpha value is -1.85. The number of unbranched alkanes of at least 4 members (excludes halogenated alkanes) is 28. The highest BCUT2D eigenvalue weighted by molar-refractivity contribution is 5.71. The summed E-state index contributed by atoms with van der Waals surface area (Å²) >= 11 is 0. The molecule has 0 spiro atoms. The SMILES string of the molecule is CCCCCCCCC/C=C\CCCCCCCCCC(=O)OCC(COC(=O)CCCCCCCCCC)OC(=O)CCCCCCCCCC. The molecule has 0 amide bonds. The molecule has 6 nitrogen and oxygen atoms in total. The van der Waals surface area contributed by atoms with E-state index in [-0.39, 0.29) is 31.1 Å². The lowest BCUT2D eigenvalue weighted by atomic mass is 10.1. The quantitative estimate of drug-likeness (QED) is 0.0269. The van der Waals surface area contributed by atoms with E-state index in [1.807, 2.05) is 0 Å². The molecule has 0 aromatic heterocycles. The first kappa shape index (κ1) is 50.1. The summed E-state index contributed by atoms with van der Waals surface area (Å²) in [6.45, 7) is 6.58. The number of carbonyl (C=O) groups is 3. The van der Waals surface area contributed by atoms with Crippen molar-refractivity contribution in [3.63, 3.8) is 0 Å². The lowest BCUT2D eigenvalue weighted by Gasteiger charge is -2.18. The zero-order valence-corrected chi connectivity index (χ0v) is 34.8. The number of allylic oxidation sites excluding steroid dienone is 2. The molecule has 6 heteroatoms. The number of rotatable bonds is 41. The number of hydrogen-bond donors (Lipinski definition) is 0. The zero-order chi connectivity index (χ0) is 38.0. The van der Waals surface area contributed by atoms with Gasteiger partial charge >= 0.3 is 17.9 Å². The van der Waals surface area contributed by atoms with Crippen LogP contribution in [-0.2, 0) is 28.6 Å². The van der Waals surface area contributed by atoms with Crippen LogP contribution < -0.4 is 0 Å². The minimum absolute atomic E-state index is 0.0682. The van der Waals surface area contributed by atoms with E-state index in [9.17, 15) is 14.4 Å². The Morgan fingerprint density at radius 2 is 0.635 bits per heavy atom. The first-order valence-electron chi connectivity index (χ1n) is 22.7. The molecule has 0 saturated carbocycles. The predicted molar refractivity (Wildman–Crippen MR) is 220 cm³/mol. The Morgan fingerprint density at radius 1 is 0.365 bits per heavy atom. The van der Waals surface area contributed by atoms with E-state index < -0.39 is 6.10 Å². The van der Waals surface area contributed by atoms with Crippen LogP contribution in [0.2, 0.25) is 0 Å².